The lowest BCUT2D eigenvalue weighted by Gasteiger charge is -2.30. The van der Waals surface area contributed by atoms with Gasteiger partial charge in [0.15, 0.2) is 0 Å². The first-order valence-electron chi connectivity index (χ1n) is 12.6. The van der Waals surface area contributed by atoms with Crippen LogP contribution in [0.3, 0.4) is 0 Å². The SMILES string of the molecule is SC(COCc1ccccc1)C(OCc1ccccc1)C(/C=C/c1ccccc1)OCc1ccccc1. The summed E-state index contributed by atoms with van der Waals surface area (Å²) in [7, 11) is 0. The van der Waals surface area contributed by atoms with Crippen LogP contribution in [0.4, 0.5) is 0 Å². The molecule has 0 aliphatic carbocycles. The van der Waals surface area contributed by atoms with Gasteiger partial charge in [0.2, 0.25) is 0 Å². The number of thiol groups is 1. The molecule has 0 N–H and O–H groups in total. The summed E-state index contributed by atoms with van der Waals surface area (Å²) in [5.41, 5.74) is 4.45. The van der Waals surface area contributed by atoms with Crippen molar-refractivity contribution in [2.45, 2.75) is 37.3 Å². The van der Waals surface area contributed by atoms with E-state index in [2.05, 4.69) is 60.7 Å². The van der Waals surface area contributed by atoms with Gasteiger partial charge in [0, 0.05) is 0 Å². The predicted octanol–water partition coefficient (Wildman–Crippen LogP) is 7.39. The zero-order chi connectivity index (χ0) is 25.5. The van der Waals surface area contributed by atoms with Crippen LogP contribution in [-0.2, 0) is 34.0 Å². The van der Waals surface area contributed by atoms with Crippen LogP contribution in [0.2, 0.25) is 0 Å². The first-order chi connectivity index (χ1) is 18.3. The fraction of sp³-hybridized carbons (Fsp3) is 0.212. The highest BCUT2D eigenvalue weighted by atomic mass is 32.1. The molecule has 3 unspecified atom stereocenters. The highest BCUT2D eigenvalue weighted by Gasteiger charge is 2.28. The average molecular weight is 511 g/mol. The number of benzene rings is 4. The van der Waals surface area contributed by atoms with E-state index in [1.807, 2.05) is 72.8 Å². The summed E-state index contributed by atoms with van der Waals surface area (Å²) in [6, 6.07) is 40.8. The monoisotopic (exact) mass is 510 g/mol. The van der Waals surface area contributed by atoms with Crippen molar-refractivity contribution in [1.82, 2.24) is 0 Å². The van der Waals surface area contributed by atoms with Crippen LogP contribution in [0.15, 0.2) is 127 Å². The van der Waals surface area contributed by atoms with Crippen LogP contribution in [0, 0.1) is 0 Å². The Kier molecular flexibility index (Phi) is 11.0. The van der Waals surface area contributed by atoms with Crippen molar-refractivity contribution >= 4 is 18.7 Å². The maximum atomic E-state index is 6.50. The second-order valence-corrected chi connectivity index (χ2v) is 9.52. The Bertz CT molecular complexity index is 1170. The van der Waals surface area contributed by atoms with Gasteiger partial charge in [0.1, 0.15) is 12.2 Å². The summed E-state index contributed by atoms with van der Waals surface area (Å²) in [6.07, 6.45) is 3.50. The Morgan fingerprint density at radius 3 is 1.57 bits per heavy atom. The minimum Gasteiger partial charge on any atom is -0.376 e. The van der Waals surface area contributed by atoms with Crippen molar-refractivity contribution in [3.63, 3.8) is 0 Å². The highest BCUT2D eigenvalue weighted by molar-refractivity contribution is 7.81. The Balaban J connectivity index is 1.51. The second kappa shape index (κ2) is 15.2. The number of hydrogen-bond donors (Lipinski definition) is 1. The van der Waals surface area contributed by atoms with E-state index in [4.69, 9.17) is 26.8 Å². The molecule has 0 radical (unpaired) electrons. The molecule has 0 bridgehead atoms. The predicted molar refractivity (Wildman–Crippen MR) is 154 cm³/mol. The molecule has 3 atom stereocenters. The zero-order valence-electron chi connectivity index (χ0n) is 20.9. The number of ether oxygens (including phenoxy) is 3. The van der Waals surface area contributed by atoms with E-state index in [9.17, 15) is 0 Å². The van der Waals surface area contributed by atoms with Gasteiger partial charge in [-0.1, -0.05) is 133 Å². The average Bonchev–Trinajstić information content (AvgIpc) is 2.96. The molecule has 0 amide bonds. The quantitative estimate of drug-likeness (QED) is 0.179. The smallest absolute Gasteiger partial charge is 0.104 e. The fourth-order valence-electron chi connectivity index (χ4n) is 3.95. The lowest BCUT2D eigenvalue weighted by atomic mass is 10.1. The van der Waals surface area contributed by atoms with Crippen molar-refractivity contribution in [2.24, 2.45) is 0 Å². The van der Waals surface area contributed by atoms with Crippen molar-refractivity contribution in [3.05, 3.63) is 150 Å². The summed E-state index contributed by atoms with van der Waals surface area (Å²) >= 11 is 4.95. The lowest BCUT2D eigenvalue weighted by Crippen LogP contribution is -2.40. The standard InChI is InChI=1S/C33H34O3S/c37-32(26-34-23-28-15-7-2-8-16-28)33(36-25-30-19-11-4-12-20-30)31(22-21-27-13-5-1-6-14-27)35-24-29-17-9-3-10-18-29/h1-22,31-33,37H,23-26H2/b22-21+. The summed E-state index contributed by atoms with van der Waals surface area (Å²) in [6.45, 7) is 1.90. The van der Waals surface area contributed by atoms with E-state index >= 15 is 0 Å². The van der Waals surface area contributed by atoms with Gasteiger partial charge >= 0.3 is 0 Å². The van der Waals surface area contributed by atoms with Gasteiger partial charge in [-0.3, -0.25) is 0 Å². The number of hydrogen-bond acceptors (Lipinski definition) is 4. The third kappa shape index (κ3) is 9.34. The Labute approximate surface area is 226 Å². The molecule has 0 saturated carbocycles. The normalized spacial score (nSPS) is 13.9. The molecule has 0 aliphatic heterocycles. The van der Waals surface area contributed by atoms with Gasteiger partial charge in [0.05, 0.1) is 31.7 Å². The van der Waals surface area contributed by atoms with Crippen LogP contribution in [0.25, 0.3) is 6.08 Å². The molecule has 190 valence electrons. The molecule has 0 aromatic heterocycles. The van der Waals surface area contributed by atoms with Gasteiger partial charge in [-0.2, -0.15) is 12.6 Å². The van der Waals surface area contributed by atoms with E-state index in [1.165, 1.54) is 0 Å². The van der Waals surface area contributed by atoms with Crippen LogP contribution < -0.4 is 0 Å². The van der Waals surface area contributed by atoms with Crippen LogP contribution in [-0.4, -0.2) is 24.1 Å². The Morgan fingerprint density at radius 1 is 0.568 bits per heavy atom. The van der Waals surface area contributed by atoms with E-state index in [-0.39, 0.29) is 17.5 Å². The van der Waals surface area contributed by atoms with Gasteiger partial charge in [-0.05, 0) is 22.3 Å². The number of rotatable bonds is 14. The van der Waals surface area contributed by atoms with Gasteiger partial charge < -0.3 is 14.2 Å². The maximum Gasteiger partial charge on any atom is 0.104 e. The molecule has 37 heavy (non-hydrogen) atoms. The first-order valence-corrected chi connectivity index (χ1v) is 13.1. The molecule has 0 spiro atoms. The molecule has 3 nitrogen and oxygen atoms in total. The fourth-order valence-corrected chi connectivity index (χ4v) is 4.32. The third-order valence-electron chi connectivity index (χ3n) is 5.95. The third-order valence-corrected chi connectivity index (χ3v) is 6.39. The van der Waals surface area contributed by atoms with E-state index in [1.54, 1.807) is 0 Å². The molecular weight excluding hydrogens is 476 g/mol. The topological polar surface area (TPSA) is 27.7 Å². The molecule has 4 aromatic carbocycles. The van der Waals surface area contributed by atoms with Gasteiger partial charge in [0.25, 0.3) is 0 Å². The van der Waals surface area contributed by atoms with Gasteiger partial charge in [-0.25, -0.2) is 0 Å². The second-order valence-electron chi connectivity index (χ2n) is 8.86. The van der Waals surface area contributed by atoms with Crippen LogP contribution in [0.5, 0.6) is 0 Å². The molecular formula is C33H34O3S. The van der Waals surface area contributed by atoms with E-state index < -0.39 is 0 Å². The molecule has 4 rings (SSSR count). The molecule has 0 aliphatic rings. The molecule has 0 heterocycles. The zero-order valence-corrected chi connectivity index (χ0v) is 21.8. The van der Waals surface area contributed by atoms with Gasteiger partial charge in [-0.15, -0.1) is 0 Å². The van der Waals surface area contributed by atoms with Crippen molar-refractivity contribution < 1.29 is 14.2 Å². The molecule has 4 aromatic rings. The molecule has 0 fully saturated rings. The van der Waals surface area contributed by atoms with Crippen molar-refractivity contribution in [2.75, 3.05) is 6.61 Å². The molecule has 4 heteroatoms. The lowest BCUT2D eigenvalue weighted by molar-refractivity contribution is -0.0730. The first kappa shape index (κ1) is 26.9. The van der Waals surface area contributed by atoms with E-state index in [0.717, 1.165) is 22.3 Å². The van der Waals surface area contributed by atoms with Crippen LogP contribution >= 0.6 is 12.6 Å². The summed E-state index contributed by atoms with van der Waals surface area (Å²) in [5, 5.41) is -0.200. The highest BCUT2D eigenvalue weighted by Crippen LogP contribution is 2.21. The summed E-state index contributed by atoms with van der Waals surface area (Å²) in [4.78, 5) is 0. The van der Waals surface area contributed by atoms with Crippen LogP contribution in [0.1, 0.15) is 22.3 Å². The summed E-state index contributed by atoms with van der Waals surface area (Å²) < 4.78 is 19.0. The Morgan fingerprint density at radius 2 is 1.03 bits per heavy atom. The minimum atomic E-state index is -0.331. The molecule has 0 saturated heterocycles. The van der Waals surface area contributed by atoms with Crippen molar-refractivity contribution in [1.29, 1.82) is 0 Å². The van der Waals surface area contributed by atoms with E-state index in [0.29, 0.717) is 26.4 Å². The van der Waals surface area contributed by atoms with Crippen molar-refractivity contribution in [3.8, 4) is 0 Å². The maximum absolute atomic E-state index is 6.50. The Hall–Kier alpha value is -3.15. The minimum absolute atomic E-state index is 0.200. The largest absolute Gasteiger partial charge is 0.376 e. The summed E-state index contributed by atoms with van der Waals surface area (Å²) in [5.74, 6) is 0.